The van der Waals surface area contributed by atoms with Gasteiger partial charge in [0.15, 0.2) is 9.84 Å². The predicted octanol–water partition coefficient (Wildman–Crippen LogP) is 1.16. The van der Waals surface area contributed by atoms with Crippen LogP contribution in [0.1, 0.15) is 5.56 Å². The van der Waals surface area contributed by atoms with Crippen molar-refractivity contribution >= 4 is 43.1 Å². The standard InChI is InChI=1S/C11H13Cl2NO4S2/c12-9-4-2-1-3-8(9)5-20(17,18)14-11-7-19(15,16)6-10(11)13/h1-4,10-11,14H,5-7H2/t10-,11-/m0/s1. The average molecular weight is 358 g/mol. The summed E-state index contributed by atoms with van der Waals surface area (Å²) >= 11 is 11.8. The van der Waals surface area contributed by atoms with Crippen LogP contribution in [0, 0.1) is 0 Å². The van der Waals surface area contributed by atoms with Gasteiger partial charge in [0.1, 0.15) is 0 Å². The van der Waals surface area contributed by atoms with Gasteiger partial charge in [0, 0.05) is 5.02 Å². The highest BCUT2D eigenvalue weighted by atomic mass is 35.5. The van der Waals surface area contributed by atoms with Crippen LogP contribution in [0.3, 0.4) is 0 Å². The largest absolute Gasteiger partial charge is 0.229 e. The number of halogens is 2. The summed E-state index contributed by atoms with van der Waals surface area (Å²) in [7, 11) is -6.99. The number of hydrogen-bond acceptors (Lipinski definition) is 4. The Hall–Kier alpha value is -0.340. The van der Waals surface area contributed by atoms with Crippen LogP contribution in [0.2, 0.25) is 5.02 Å². The van der Waals surface area contributed by atoms with Gasteiger partial charge in [-0.3, -0.25) is 0 Å². The number of sulfonamides is 1. The van der Waals surface area contributed by atoms with E-state index in [0.717, 1.165) is 0 Å². The first-order valence-electron chi connectivity index (χ1n) is 5.76. The summed E-state index contributed by atoms with van der Waals surface area (Å²) in [6.45, 7) is 0. The van der Waals surface area contributed by atoms with E-state index in [9.17, 15) is 16.8 Å². The lowest BCUT2D eigenvalue weighted by Crippen LogP contribution is -2.41. The summed E-state index contributed by atoms with van der Waals surface area (Å²) in [4.78, 5) is 0. The zero-order valence-corrected chi connectivity index (χ0v) is 13.4. The molecular formula is C11H13Cl2NO4S2. The van der Waals surface area contributed by atoms with E-state index in [2.05, 4.69) is 4.72 Å². The second kappa shape index (κ2) is 5.81. The molecule has 0 aromatic heterocycles. The first-order valence-corrected chi connectivity index (χ1v) is 10.1. The summed E-state index contributed by atoms with van der Waals surface area (Å²) in [5.74, 6) is -0.802. The molecule has 0 radical (unpaired) electrons. The molecular weight excluding hydrogens is 345 g/mol. The molecule has 0 aliphatic carbocycles. The van der Waals surface area contributed by atoms with Gasteiger partial charge in [0.25, 0.3) is 0 Å². The molecule has 0 bridgehead atoms. The molecule has 1 fully saturated rings. The Morgan fingerprint density at radius 3 is 2.45 bits per heavy atom. The summed E-state index contributed by atoms with van der Waals surface area (Å²) in [6, 6.07) is 5.78. The molecule has 0 amide bonds. The second-order valence-electron chi connectivity index (χ2n) is 4.67. The minimum absolute atomic E-state index is 0.214. The number of benzene rings is 1. The van der Waals surface area contributed by atoms with Crippen molar-refractivity contribution in [1.29, 1.82) is 0 Å². The van der Waals surface area contributed by atoms with Crippen LogP contribution >= 0.6 is 23.2 Å². The smallest absolute Gasteiger partial charge is 0.216 e. The minimum Gasteiger partial charge on any atom is -0.229 e. The summed E-state index contributed by atoms with van der Waals surface area (Å²) < 4.78 is 49.2. The fraction of sp³-hybridized carbons (Fsp3) is 0.455. The highest BCUT2D eigenvalue weighted by Crippen LogP contribution is 2.21. The quantitative estimate of drug-likeness (QED) is 0.820. The normalized spacial score (nSPS) is 25.7. The van der Waals surface area contributed by atoms with E-state index in [-0.39, 0.29) is 17.3 Å². The van der Waals surface area contributed by atoms with Gasteiger partial charge >= 0.3 is 0 Å². The topological polar surface area (TPSA) is 80.3 Å². The first kappa shape index (κ1) is 16.0. The Morgan fingerprint density at radius 2 is 1.90 bits per heavy atom. The molecule has 1 aliphatic rings. The van der Waals surface area contributed by atoms with Crippen LogP contribution in [-0.4, -0.2) is 39.8 Å². The lowest BCUT2D eigenvalue weighted by molar-refractivity contribution is 0.562. The van der Waals surface area contributed by atoms with E-state index in [4.69, 9.17) is 23.2 Å². The molecule has 2 rings (SSSR count). The minimum atomic E-state index is -3.71. The van der Waals surface area contributed by atoms with Gasteiger partial charge in [0.05, 0.1) is 28.7 Å². The number of alkyl halides is 1. The van der Waals surface area contributed by atoms with Crippen molar-refractivity contribution in [1.82, 2.24) is 4.72 Å². The highest BCUT2D eigenvalue weighted by Gasteiger charge is 2.38. The molecule has 1 aromatic carbocycles. The van der Waals surface area contributed by atoms with Crippen LogP contribution in [0.25, 0.3) is 0 Å². The second-order valence-corrected chi connectivity index (χ2v) is 9.54. The Bertz CT molecular complexity index is 703. The van der Waals surface area contributed by atoms with Gasteiger partial charge in [-0.05, 0) is 11.6 Å². The molecule has 20 heavy (non-hydrogen) atoms. The van der Waals surface area contributed by atoms with E-state index in [0.29, 0.717) is 10.6 Å². The average Bonchev–Trinajstić information content (AvgIpc) is 2.54. The molecule has 2 atom stereocenters. The third kappa shape index (κ3) is 4.08. The van der Waals surface area contributed by atoms with Crippen molar-refractivity contribution < 1.29 is 16.8 Å². The van der Waals surface area contributed by atoms with Crippen LogP contribution < -0.4 is 4.72 Å². The van der Waals surface area contributed by atoms with Crippen molar-refractivity contribution in [3.8, 4) is 0 Å². The molecule has 9 heteroatoms. The Labute approximate surface area is 128 Å². The Balaban J connectivity index is 2.11. The van der Waals surface area contributed by atoms with Gasteiger partial charge < -0.3 is 0 Å². The molecule has 0 spiro atoms. The fourth-order valence-electron chi connectivity index (χ4n) is 2.01. The fourth-order valence-corrected chi connectivity index (χ4v) is 6.47. The highest BCUT2D eigenvalue weighted by molar-refractivity contribution is 7.92. The van der Waals surface area contributed by atoms with Crippen LogP contribution in [-0.2, 0) is 25.6 Å². The van der Waals surface area contributed by atoms with Crippen molar-refractivity contribution in [3.63, 3.8) is 0 Å². The van der Waals surface area contributed by atoms with E-state index in [1.165, 1.54) is 0 Å². The zero-order valence-electron chi connectivity index (χ0n) is 10.3. The summed E-state index contributed by atoms with van der Waals surface area (Å²) in [5, 5.41) is -0.402. The van der Waals surface area contributed by atoms with E-state index < -0.39 is 31.3 Å². The monoisotopic (exact) mass is 357 g/mol. The maximum atomic E-state index is 12.0. The van der Waals surface area contributed by atoms with Crippen molar-refractivity contribution in [2.75, 3.05) is 11.5 Å². The third-order valence-corrected chi connectivity index (χ3v) is 7.01. The number of nitrogens with one attached hydrogen (secondary N) is 1. The summed E-state index contributed by atoms with van der Waals surface area (Å²) in [6.07, 6.45) is 0. The Morgan fingerprint density at radius 1 is 1.25 bits per heavy atom. The Kier molecular flexibility index (Phi) is 4.66. The lowest BCUT2D eigenvalue weighted by Gasteiger charge is -2.15. The molecule has 0 unspecified atom stereocenters. The van der Waals surface area contributed by atoms with Gasteiger partial charge in [-0.2, -0.15) is 0 Å². The van der Waals surface area contributed by atoms with Crippen molar-refractivity contribution in [2.24, 2.45) is 0 Å². The van der Waals surface area contributed by atoms with Gasteiger partial charge in [-0.1, -0.05) is 29.8 Å². The molecule has 1 aromatic rings. The van der Waals surface area contributed by atoms with Crippen LogP contribution in [0.4, 0.5) is 0 Å². The number of rotatable bonds is 4. The van der Waals surface area contributed by atoms with Crippen molar-refractivity contribution in [3.05, 3.63) is 34.9 Å². The number of sulfone groups is 1. The van der Waals surface area contributed by atoms with Gasteiger partial charge in [-0.15, -0.1) is 11.6 Å². The van der Waals surface area contributed by atoms with Crippen LogP contribution in [0.15, 0.2) is 24.3 Å². The molecule has 1 saturated heterocycles. The molecule has 112 valence electrons. The maximum Gasteiger partial charge on any atom is 0.216 e. The van der Waals surface area contributed by atoms with Gasteiger partial charge in [0.2, 0.25) is 10.0 Å². The lowest BCUT2D eigenvalue weighted by atomic mass is 10.2. The molecule has 1 aliphatic heterocycles. The summed E-state index contributed by atoms with van der Waals surface area (Å²) in [5.41, 5.74) is 0.452. The van der Waals surface area contributed by atoms with Crippen LogP contribution in [0.5, 0.6) is 0 Å². The first-order chi connectivity index (χ1) is 9.19. The molecule has 1 heterocycles. The predicted molar refractivity (Wildman–Crippen MR) is 79.3 cm³/mol. The van der Waals surface area contributed by atoms with E-state index in [1.807, 2.05) is 0 Å². The maximum absolute atomic E-state index is 12.0. The zero-order chi connectivity index (χ0) is 15.0. The van der Waals surface area contributed by atoms with Gasteiger partial charge in [-0.25, -0.2) is 21.6 Å². The molecule has 1 N–H and O–H groups in total. The van der Waals surface area contributed by atoms with E-state index in [1.54, 1.807) is 24.3 Å². The van der Waals surface area contributed by atoms with E-state index >= 15 is 0 Å². The molecule has 0 saturated carbocycles. The SMILES string of the molecule is O=S1(=O)C[C@H](NS(=O)(=O)Cc2ccccc2Cl)[C@@H](Cl)C1. The third-order valence-electron chi connectivity index (χ3n) is 2.92. The molecule has 5 nitrogen and oxygen atoms in total. The number of hydrogen-bond donors (Lipinski definition) is 1. The van der Waals surface area contributed by atoms with Crippen molar-refractivity contribution in [2.45, 2.75) is 17.2 Å².